The zero-order valence-electron chi connectivity index (χ0n) is 16.2. The average molecular weight is 398 g/mol. The predicted octanol–water partition coefficient (Wildman–Crippen LogP) is 2.88. The number of fused-ring (bicyclic) bond motifs is 1. The van der Waals surface area contributed by atoms with Crippen LogP contribution in [0.25, 0.3) is 16.7 Å². The van der Waals surface area contributed by atoms with E-state index in [0.29, 0.717) is 17.9 Å². The van der Waals surface area contributed by atoms with Crippen LogP contribution in [0.1, 0.15) is 16.1 Å². The Kier molecular flexibility index (Phi) is 4.32. The fourth-order valence-electron chi connectivity index (χ4n) is 3.32. The molecule has 0 bridgehead atoms. The first-order chi connectivity index (χ1) is 14.7. The van der Waals surface area contributed by atoms with Crippen molar-refractivity contribution in [2.75, 3.05) is 5.32 Å². The van der Waals surface area contributed by atoms with E-state index in [4.69, 9.17) is 0 Å². The van der Waals surface area contributed by atoms with Gasteiger partial charge in [0.05, 0.1) is 46.7 Å². The highest BCUT2D eigenvalue weighted by Crippen LogP contribution is 2.16. The van der Waals surface area contributed by atoms with Gasteiger partial charge in [-0.1, -0.05) is 35.5 Å². The lowest BCUT2D eigenvalue weighted by molar-refractivity contribution is 0.102. The van der Waals surface area contributed by atoms with Crippen molar-refractivity contribution in [1.29, 1.82) is 0 Å². The molecule has 0 saturated heterocycles. The molecule has 148 valence electrons. The summed E-state index contributed by atoms with van der Waals surface area (Å²) in [6.07, 6.45) is 4.93. The van der Waals surface area contributed by atoms with Gasteiger partial charge in [0.1, 0.15) is 12.2 Å². The number of nitrogens with one attached hydrogen (secondary N) is 1. The third-order valence-corrected chi connectivity index (χ3v) is 4.85. The summed E-state index contributed by atoms with van der Waals surface area (Å²) in [6.45, 7) is 2.26. The van der Waals surface area contributed by atoms with Gasteiger partial charge < -0.3 is 5.32 Å². The SMILES string of the molecule is Cc1c(C(=O)Nc2cnn(Cn3nnc4ccccc43)c2)cnn1-c1ccccc1. The third kappa shape index (κ3) is 3.22. The summed E-state index contributed by atoms with van der Waals surface area (Å²) in [5, 5.41) is 19.8. The second kappa shape index (κ2) is 7.28. The van der Waals surface area contributed by atoms with Gasteiger partial charge in [0.25, 0.3) is 5.91 Å². The Morgan fingerprint density at radius 2 is 1.80 bits per heavy atom. The van der Waals surface area contributed by atoms with Crippen molar-refractivity contribution in [2.24, 2.45) is 0 Å². The van der Waals surface area contributed by atoms with Gasteiger partial charge in [-0.25, -0.2) is 14.0 Å². The van der Waals surface area contributed by atoms with E-state index >= 15 is 0 Å². The molecule has 0 radical (unpaired) electrons. The van der Waals surface area contributed by atoms with Crippen LogP contribution in [0.4, 0.5) is 5.69 Å². The Morgan fingerprint density at radius 3 is 2.67 bits per heavy atom. The quantitative estimate of drug-likeness (QED) is 0.491. The molecule has 9 nitrogen and oxygen atoms in total. The molecule has 0 atom stereocenters. The molecule has 9 heteroatoms. The van der Waals surface area contributed by atoms with Gasteiger partial charge in [-0.2, -0.15) is 10.2 Å². The molecule has 3 aromatic heterocycles. The molecular weight excluding hydrogens is 380 g/mol. The first-order valence-corrected chi connectivity index (χ1v) is 9.41. The molecule has 2 aromatic carbocycles. The molecule has 3 heterocycles. The van der Waals surface area contributed by atoms with Gasteiger partial charge in [0.2, 0.25) is 0 Å². The van der Waals surface area contributed by atoms with Crippen LogP contribution in [-0.4, -0.2) is 40.5 Å². The Bertz CT molecular complexity index is 1330. The van der Waals surface area contributed by atoms with E-state index < -0.39 is 0 Å². The topological polar surface area (TPSA) is 95.5 Å². The lowest BCUT2D eigenvalue weighted by atomic mass is 10.2. The first kappa shape index (κ1) is 17.8. The second-order valence-electron chi connectivity index (χ2n) is 6.83. The highest BCUT2D eigenvalue weighted by Gasteiger charge is 2.16. The van der Waals surface area contributed by atoms with Crippen molar-refractivity contribution in [3.63, 3.8) is 0 Å². The maximum atomic E-state index is 12.8. The van der Waals surface area contributed by atoms with Crippen LogP contribution in [0.15, 0.2) is 73.2 Å². The van der Waals surface area contributed by atoms with Crippen molar-refractivity contribution < 1.29 is 4.79 Å². The van der Waals surface area contributed by atoms with E-state index in [1.54, 1.807) is 32.6 Å². The maximum Gasteiger partial charge on any atom is 0.259 e. The molecule has 5 aromatic rings. The fourth-order valence-corrected chi connectivity index (χ4v) is 3.32. The van der Waals surface area contributed by atoms with Gasteiger partial charge in [0, 0.05) is 0 Å². The van der Waals surface area contributed by atoms with Crippen molar-refractivity contribution in [2.45, 2.75) is 13.6 Å². The summed E-state index contributed by atoms with van der Waals surface area (Å²) in [5.41, 5.74) is 4.51. The molecule has 0 unspecified atom stereocenters. The number of carbonyl (C=O) groups is 1. The average Bonchev–Trinajstić information content (AvgIpc) is 3.48. The number of amides is 1. The number of para-hydroxylation sites is 2. The molecule has 0 aliphatic carbocycles. The minimum atomic E-state index is -0.236. The van der Waals surface area contributed by atoms with E-state index in [-0.39, 0.29) is 5.91 Å². The predicted molar refractivity (Wildman–Crippen MR) is 111 cm³/mol. The van der Waals surface area contributed by atoms with Crippen molar-refractivity contribution >= 4 is 22.6 Å². The molecule has 5 rings (SSSR count). The molecule has 1 N–H and O–H groups in total. The molecular formula is C21H18N8O. The largest absolute Gasteiger partial charge is 0.319 e. The van der Waals surface area contributed by atoms with Crippen LogP contribution < -0.4 is 5.32 Å². The molecule has 0 saturated carbocycles. The Balaban J connectivity index is 1.32. The number of nitrogens with zero attached hydrogens (tertiary/aromatic N) is 7. The Hall–Kier alpha value is -4.27. The summed E-state index contributed by atoms with van der Waals surface area (Å²) < 4.78 is 5.19. The summed E-state index contributed by atoms with van der Waals surface area (Å²) in [6, 6.07) is 17.4. The van der Waals surface area contributed by atoms with Gasteiger partial charge in [-0.3, -0.25) is 4.79 Å². The van der Waals surface area contributed by atoms with Gasteiger partial charge in [-0.05, 0) is 31.2 Å². The Labute approximate surface area is 171 Å². The minimum absolute atomic E-state index is 0.236. The van der Waals surface area contributed by atoms with E-state index in [9.17, 15) is 4.79 Å². The fraction of sp³-hybridized carbons (Fsp3) is 0.0952. The van der Waals surface area contributed by atoms with Crippen molar-refractivity contribution in [3.05, 3.63) is 84.4 Å². The molecule has 0 spiro atoms. The summed E-state index contributed by atoms with van der Waals surface area (Å²) in [5.74, 6) is -0.236. The standard InChI is InChI=1S/C21H18N8O/c1-15-18(12-23-29(15)17-7-3-2-4-8-17)21(30)24-16-11-22-27(13-16)14-28-20-10-6-5-9-19(20)25-26-28/h2-13H,14H2,1H3,(H,24,30). The van der Waals surface area contributed by atoms with E-state index in [0.717, 1.165) is 22.4 Å². The van der Waals surface area contributed by atoms with Gasteiger partial charge in [0.15, 0.2) is 0 Å². The number of anilines is 1. The smallest absolute Gasteiger partial charge is 0.259 e. The summed E-state index contributed by atoms with van der Waals surface area (Å²) in [7, 11) is 0. The van der Waals surface area contributed by atoms with Crippen LogP contribution in [-0.2, 0) is 6.67 Å². The summed E-state index contributed by atoms with van der Waals surface area (Å²) >= 11 is 0. The van der Waals surface area contributed by atoms with E-state index in [1.807, 2.05) is 61.5 Å². The summed E-state index contributed by atoms with van der Waals surface area (Å²) in [4.78, 5) is 12.8. The molecule has 0 fully saturated rings. The van der Waals surface area contributed by atoms with Gasteiger partial charge in [-0.15, -0.1) is 5.10 Å². The minimum Gasteiger partial charge on any atom is -0.319 e. The van der Waals surface area contributed by atoms with E-state index in [2.05, 4.69) is 25.8 Å². The zero-order chi connectivity index (χ0) is 20.5. The van der Waals surface area contributed by atoms with Crippen molar-refractivity contribution in [1.82, 2.24) is 34.6 Å². The lowest BCUT2D eigenvalue weighted by Gasteiger charge is -2.05. The first-order valence-electron chi connectivity index (χ1n) is 9.41. The monoisotopic (exact) mass is 398 g/mol. The van der Waals surface area contributed by atoms with Crippen LogP contribution in [0, 0.1) is 6.92 Å². The number of carbonyl (C=O) groups excluding carboxylic acids is 1. The molecule has 30 heavy (non-hydrogen) atoms. The highest BCUT2D eigenvalue weighted by molar-refractivity contribution is 6.04. The van der Waals surface area contributed by atoms with Crippen LogP contribution in [0.3, 0.4) is 0 Å². The lowest BCUT2D eigenvalue weighted by Crippen LogP contribution is -2.13. The van der Waals surface area contributed by atoms with Gasteiger partial charge >= 0.3 is 0 Å². The third-order valence-electron chi connectivity index (χ3n) is 4.85. The van der Waals surface area contributed by atoms with Crippen LogP contribution >= 0.6 is 0 Å². The molecule has 0 aliphatic rings. The van der Waals surface area contributed by atoms with Crippen LogP contribution in [0.5, 0.6) is 0 Å². The Morgan fingerprint density at radius 1 is 1.00 bits per heavy atom. The van der Waals surface area contributed by atoms with Crippen LogP contribution in [0.2, 0.25) is 0 Å². The highest BCUT2D eigenvalue weighted by atomic mass is 16.1. The molecule has 1 amide bonds. The maximum absolute atomic E-state index is 12.8. The molecule has 0 aliphatic heterocycles. The van der Waals surface area contributed by atoms with E-state index in [1.165, 1.54) is 0 Å². The van der Waals surface area contributed by atoms with Crippen molar-refractivity contribution in [3.8, 4) is 5.69 Å². The second-order valence-corrected chi connectivity index (χ2v) is 6.83. The number of aromatic nitrogens is 7. The zero-order valence-corrected chi connectivity index (χ0v) is 16.2. The normalized spacial score (nSPS) is 11.1. The number of hydrogen-bond acceptors (Lipinski definition) is 5. The number of hydrogen-bond donors (Lipinski definition) is 1. The number of benzene rings is 2. The number of rotatable bonds is 5.